The van der Waals surface area contributed by atoms with Gasteiger partial charge in [0.25, 0.3) is 0 Å². The first-order valence-electron chi connectivity index (χ1n) is 8.26. The standard InChI is InChI=1S/C17H22FN3O2S/c18-16-7-5-15(6-8-16)14-24(22,23)21-12-2-1-4-17(21)9-13-20-11-3-10-19-20/h3,5-8,10-11,17H,1-2,4,9,12-14H2/t17-/m1/s1. The molecule has 1 aromatic carbocycles. The van der Waals surface area contributed by atoms with E-state index in [4.69, 9.17) is 0 Å². The molecule has 7 heteroatoms. The van der Waals surface area contributed by atoms with E-state index in [1.807, 2.05) is 16.9 Å². The Hall–Kier alpha value is -1.73. The monoisotopic (exact) mass is 351 g/mol. The molecule has 1 aromatic heterocycles. The van der Waals surface area contributed by atoms with E-state index in [-0.39, 0.29) is 17.6 Å². The normalized spacial score (nSPS) is 19.5. The van der Waals surface area contributed by atoms with Crippen molar-refractivity contribution in [3.05, 3.63) is 54.1 Å². The molecule has 0 amide bonds. The lowest BCUT2D eigenvalue weighted by Gasteiger charge is -2.34. The van der Waals surface area contributed by atoms with Crippen molar-refractivity contribution in [1.29, 1.82) is 0 Å². The van der Waals surface area contributed by atoms with Gasteiger partial charge in [0.1, 0.15) is 5.82 Å². The number of hydrogen-bond donors (Lipinski definition) is 0. The number of sulfonamides is 1. The molecular formula is C17H22FN3O2S. The van der Waals surface area contributed by atoms with Crippen molar-refractivity contribution in [2.75, 3.05) is 6.54 Å². The maximum Gasteiger partial charge on any atom is 0.218 e. The molecular weight excluding hydrogens is 329 g/mol. The average molecular weight is 351 g/mol. The van der Waals surface area contributed by atoms with Crippen LogP contribution in [-0.4, -0.2) is 35.1 Å². The van der Waals surface area contributed by atoms with Crippen LogP contribution in [0.4, 0.5) is 4.39 Å². The van der Waals surface area contributed by atoms with E-state index in [1.165, 1.54) is 24.3 Å². The summed E-state index contributed by atoms with van der Waals surface area (Å²) in [5.41, 5.74) is 0.618. The van der Waals surface area contributed by atoms with Crippen molar-refractivity contribution in [1.82, 2.24) is 14.1 Å². The molecule has 2 heterocycles. The molecule has 0 saturated carbocycles. The van der Waals surface area contributed by atoms with Crippen molar-refractivity contribution in [2.24, 2.45) is 0 Å². The molecule has 3 rings (SSSR count). The van der Waals surface area contributed by atoms with Gasteiger partial charge in [-0.15, -0.1) is 0 Å². The number of benzene rings is 1. The molecule has 130 valence electrons. The fraction of sp³-hybridized carbons (Fsp3) is 0.471. The summed E-state index contributed by atoms with van der Waals surface area (Å²) in [5, 5.41) is 4.18. The number of aryl methyl sites for hydroxylation is 1. The first kappa shape index (κ1) is 17.1. The largest absolute Gasteiger partial charge is 0.273 e. The van der Waals surface area contributed by atoms with Gasteiger partial charge in [-0.05, 0) is 43.0 Å². The van der Waals surface area contributed by atoms with Crippen LogP contribution >= 0.6 is 0 Å². The highest BCUT2D eigenvalue weighted by Gasteiger charge is 2.32. The minimum absolute atomic E-state index is 0.00778. The minimum atomic E-state index is -3.41. The minimum Gasteiger partial charge on any atom is -0.273 e. The van der Waals surface area contributed by atoms with Crippen LogP contribution in [0.2, 0.25) is 0 Å². The third kappa shape index (κ3) is 4.21. The van der Waals surface area contributed by atoms with E-state index >= 15 is 0 Å². The quantitative estimate of drug-likeness (QED) is 0.804. The van der Waals surface area contributed by atoms with E-state index in [0.29, 0.717) is 18.7 Å². The zero-order valence-corrected chi connectivity index (χ0v) is 14.3. The summed E-state index contributed by atoms with van der Waals surface area (Å²) < 4.78 is 42.1. The van der Waals surface area contributed by atoms with E-state index in [9.17, 15) is 12.8 Å². The van der Waals surface area contributed by atoms with Gasteiger partial charge in [0.15, 0.2) is 0 Å². The summed E-state index contributed by atoms with van der Waals surface area (Å²) in [5.74, 6) is -0.433. The van der Waals surface area contributed by atoms with Gasteiger partial charge in [0.05, 0.1) is 5.75 Å². The van der Waals surface area contributed by atoms with Crippen LogP contribution in [0.5, 0.6) is 0 Å². The second-order valence-electron chi connectivity index (χ2n) is 6.20. The molecule has 0 radical (unpaired) electrons. The molecule has 2 aromatic rings. The molecule has 0 spiro atoms. The summed E-state index contributed by atoms with van der Waals surface area (Å²) in [7, 11) is -3.41. The molecule has 1 saturated heterocycles. The summed E-state index contributed by atoms with van der Waals surface area (Å²) in [4.78, 5) is 0. The molecule has 0 bridgehead atoms. The second kappa shape index (κ2) is 7.44. The van der Waals surface area contributed by atoms with E-state index in [0.717, 1.165) is 25.7 Å². The van der Waals surface area contributed by atoms with Crippen LogP contribution in [0.1, 0.15) is 31.2 Å². The highest BCUT2D eigenvalue weighted by atomic mass is 32.2. The lowest BCUT2D eigenvalue weighted by Crippen LogP contribution is -2.44. The van der Waals surface area contributed by atoms with Gasteiger partial charge in [-0.2, -0.15) is 9.40 Å². The molecule has 0 unspecified atom stereocenters. The highest BCUT2D eigenvalue weighted by molar-refractivity contribution is 7.88. The van der Waals surface area contributed by atoms with E-state index < -0.39 is 10.0 Å². The molecule has 0 N–H and O–H groups in total. The van der Waals surface area contributed by atoms with Gasteiger partial charge in [0, 0.05) is 31.5 Å². The van der Waals surface area contributed by atoms with Gasteiger partial charge in [-0.1, -0.05) is 18.6 Å². The van der Waals surface area contributed by atoms with Crippen LogP contribution in [0.3, 0.4) is 0 Å². The van der Waals surface area contributed by atoms with E-state index in [1.54, 1.807) is 10.5 Å². The Morgan fingerprint density at radius 3 is 2.71 bits per heavy atom. The number of halogens is 1. The Labute approximate surface area is 142 Å². The number of rotatable bonds is 6. The summed E-state index contributed by atoms with van der Waals surface area (Å²) in [6.45, 7) is 1.27. The van der Waals surface area contributed by atoms with Crippen molar-refractivity contribution in [3.8, 4) is 0 Å². The second-order valence-corrected chi connectivity index (χ2v) is 8.12. The van der Waals surface area contributed by atoms with Crippen LogP contribution in [0, 0.1) is 5.82 Å². The topological polar surface area (TPSA) is 55.2 Å². The SMILES string of the molecule is O=S(=O)(Cc1ccc(F)cc1)N1CCCC[C@@H]1CCn1cccn1. The van der Waals surface area contributed by atoms with Gasteiger partial charge in [-0.3, -0.25) is 4.68 Å². The Kier molecular flexibility index (Phi) is 5.30. The van der Waals surface area contributed by atoms with Gasteiger partial charge in [0.2, 0.25) is 10.0 Å². The average Bonchev–Trinajstić information content (AvgIpc) is 3.09. The van der Waals surface area contributed by atoms with Crippen LogP contribution in [0.25, 0.3) is 0 Å². The highest BCUT2D eigenvalue weighted by Crippen LogP contribution is 2.25. The maximum absolute atomic E-state index is 13.0. The smallest absolute Gasteiger partial charge is 0.218 e. The molecule has 1 aliphatic rings. The van der Waals surface area contributed by atoms with Gasteiger partial charge >= 0.3 is 0 Å². The fourth-order valence-corrected chi connectivity index (χ4v) is 5.07. The fourth-order valence-electron chi connectivity index (χ4n) is 3.22. The zero-order valence-electron chi connectivity index (χ0n) is 13.5. The zero-order chi connectivity index (χ0) is 17.0. The summed E-state index contributed by atoms with van der Waals surface area (Å²) in [6.07, 6.45) is 7.19. The van der Waals surface area contributed by atoms with Crippen molar-refractivity contribution in [3.63, 3.8) is 0 Å². The van der Waals surface area contributed by atoms with Crippen molar-refractivity contribution in [2.45, 2.75) is 44.0 Å². The molecule has 1 atom stereocenters. The van der Waals surface area contributed by atoms with Crippen LogP contribution in [0.15, 0.2) is 42.7 Å². The summed E-state index contributed by atoms with van der Waals surface area (Å²) in [6, 6.07) is 7.55. The Balaban J connectivity index is 1.69. The number of nitrogens with zero attached hydrogens (tertiary/aromatic N) is 3. The predicted molar refractivity (Wildman–Crippen MR) is 90.2 cm³/mol. The number of piperidine rings is 1. The van der Waals surface area contributed by atoms with E-state index in [2.05, 4.69) is 5.10 Å². The number of aromatic nitrogens is 2. The third-order valence-corrected chi connectivity index (χ3v) is 6.34. The van der Waals surface area contributed by atoms with Crippen molar-refractivity contribution >= 4 is 10.0 Å². The molecule has 0 aliphatic carbocycles. The maximum atomic E-state index is 13.0. The molecule has 1 aliphatic heterocycles. The van der Waals surface area contributed by atoms with Gasteiger partial charge < -0.3 is 0 Å². The first-order chi connectivity index (χ1) is 11.5. The van der Waals surface area contributed by atoms with Crippen molar-refractivity contribution < 1.29 is 12.8 Å². The van der Waals surface area contributed by atoms with Gasteiger partial charge in [-0.25, -0.2) is 12.8 Å². The summed E-state index contributed by atoms with van der Waals surface area (Å²) >= 11 is 0. The lowest BCUT2D eigenvalue weighted by atomic mass is 10.0. The molecule has 5 nitrogen and oxygen atoms in total. The van der Waals surface area contributed by atoms with Crippen LogP contribution in [-0.2, 0) is 22.3 Å². The third-order valence-electron chi connectivity index (χ3n) is 4.44. The molecule has 24 heavy (non-hydrogen) atoms. The Bertz CT molecular complexity index is 745. The number of hydrogen-bond acceptors (Lipinski definition) is 3. The van der Waals surface area contributed by atoms with Crippen LogP contribution < -0.4 is 0 Å². The Morgan fingerprint density at radius 1 is 1.21 bits per heavy atom. The molecule has 1 fully saturated rings. The lowest BCUT2D eigenvalue weighted by molar-refractivity contribution is 0.231. The predicted octanol–water partition coefficient (Wildman–Crippen LogP) is 2.80. The Morgan fingerprint density at radius 2 is 2.00 bits per heavy atom. The first-order valence-corrected chi connectivity index (χ1v) is 9.87.